The van der Waals surface area contributed by atoms with Crippen molar-refractivity contribution in [2.45, 2.75) is 44.6 Å². The topological polar surface area (TPSA) is 90.3 Å². The van der Waals surface area contributed by atoms with Crippen LogP contribution in [0.1, 0.15) is 44.0 Å². The molecule has 0 bridgehead atoms. The summed E-state index contributed by atoms with van der Waals surface area (Å²) in [5.41, 5.74) is 0.844. The molecule has 0 aliphatic carbocycles. The van der Waals surface area contributed by atoms with E-state index >= 15 is 0 Å². The van der Waals surface area contributed by atoms with Crippen molar-refractivity contribution in [1.29, 1.82) is 0 Å². The summed E-state index contributed by atoms with van der Waals surface area (Å²) in [5.74, 6) is 2.61. The Morgan fingerprint density at radius 2 is 2.18 bits per heavy atom. The molecule has 8 nitrogen and oxygen atoms in total. The van der Waals surface area contributed by atoms with Crippen LogP contribution in [0.25, 0.3) is 0 Å². The van der Waals surface area contributed by atoms with Crippen molar-refractivity contribution in [3.8, 4) is 11.5 Å². The van der Waals surface area contributed by atoms with E-state index in [2.05, 4.69) is 20.7 Å². The van der Waals surface area contributed by atoms with Crippen molar-refractivity contribution in [2.24, 2.45) is 7.05 Å². The molecule has 2 aliphatic rings. The monoisotopic (exact) mass is 385 g/mol. The zero-order valence-corrected chi connectivity index (χ0v) is 16.6. The predicted octanol–water partition coefficient (Wildman–Crippen LogP) is 2.01. The number of ether oxygens (including phenoxy) is 2. The van der Waals surface area contributed by atoms with Gasteiger partial charge in [-0.25, -0.2) is 4.68 Å². The molecule has 150 valence electrons. The van der Waals surface area contributed by atoms with Crippen molar-refractivity contribution in [2.75, 3.05) is 25.0 Å². The number of amides is 1. The molecule has 2 aliphatic heterocycles. The summed E-state index contributed by atoms with van der Waals surface area (Å²) in [6.45, 7) is 5.91. The Balaban J connectivity index is 1.37. The molecule has 0 atom stereocenters. The number of carbonyl (C=O) groups excluding carboxylic acids is 1. The van der Waals surface area contributed by atoms with Crippen LogP contribution in [-0.4, -0.2) is 46.0 Å². The van der Waals surface area contributed by atoms with E-state index in [1.807, 2.05) is 32.0 Å². The quantitative estimate of drug-likeness (QED) is 0.818. The first-order valence-corrected chi connectivity index (χ1v) is 9.76. The SMILES string of the molecule is Cn1nc(C2CCNCC2)nc1NC(=O)COc1cccc2c1OC(C)(C)C2. The molecular weight excluding hydrogens is 358 g/mol. The number of piperidine rings is 1. The van der Waals surface area contributed by atoms with Crippen LogP contribution in [0.15, 0.2) is 18.2 Å². The number of hydrogen-bond donors (Lipinski definition) is 2. The second-order valence-corrected chi connectivity index (χ2v) is 8.06. The van der Waals surface area contributed by atoms with Crippen molar-refractivity contribution in [3.63, 3.8) is 0 Å². The maximum absolute atomic E-state index is 12.4. The number of para-hydroxylation sites is 1. The molecule has 2 aromatic rings. The van der Waals surface area contributed by atoms with Gasteiger partial charge in [0, 0.05) is 24.9 Å². The lowest BCUT2D eigenvalue weighted by molar-refractivity contribution is -0.118. The number of anilines is 1. The summed E-state index contributed by atoms with van der Waals surface area (Å²) in [4.78, 5) is 16.9. The number of benzene rings is 1. The summed E-state index contributed by atoms with van der Waals surface area (Å²) in [7, 11) is 1.79. The minimum atomic E-state index is -0.276. The molecule has 1 saturated heterocycles. The molecule has 3 heterocycles. The van der Waals surface area contributed by atoms with Gasteiger partial charge in [0.15, 0.2) is 23.9 Å². The van der Waals surface area contributed by atoms with Crippen LogP contribution >= 0.6 is 0 Å². The first-order valence-electron chi connectivity index (χ1n) is 9.76. The second-order valence-electron chi connectivity index (χ2n) is 8.06. The fourth-order valence-corrected chi connectivity index (χ4v) is 3.77. The Kier molecular flexibility index (Phi) is 4.97. The summed E-state index contributed by atoms with van der Waals surface area (Å²) in [6.07, 6.45) is 2.84. The number of hydrogen-bond acceptors (Lipinski definition) is 6. The van der Waals surface area contributed by atoms with E-state index in [9.17, 15) is 4.79 Å². The molecule has 1 amide bonds. The standard InChI is InChI=1S/C20H27N5O3/c1-20(2)11-14-5-4-6-15(17(14)28-20)27-12-16(26)22-19-23-18(24-25(19)3)13-7-9-21-10-8-13/h4-6,13,21H,7-12H2,1-3H3,(H,22,23,24,26). The largest absolute Gasteiger partial charge is 0.483 e. The lowest BCUT2D eigenvalue weighted by Crippen LogP contribution is -2.27. The lowest BCUT2D eigenvalue weighted by atomic mass is 9.98. The van der Waals surface area contributed by atoms with E-state index in [0.29, 0.717) is 17.6 Å². The minimum absolute atomic E-state index is 0.115. The maximum Gasteiger partial charge on any atom is 0.264 e. The van der Waals surface area contributed by atoms with Crippen LogP contribution in [0.3, 0.4) is 0 Å². The first-order chi connectivity index (χ1) is 13.4. The molecule has 2 N–H and O–H groups in total. The summed E-state index contributed by atoms with van der Waals surface area (Å²) in [5, 5.41) is 10.6. The summed E-state index contributed by atoms with van der Waals surface area (Å²) in [6, 6.07) is 5.77. The van der Waals surface area contributed by atoms with Gasteiger partial charge in [-0.3, -0.25) is 10.1 Å². The van der Waals surface area contributed by atoms with Crippen LogP contribution in [0.2, 0.25) is 0 Å². The number of nitrogens with zero attached hydrogens (tertiary/aromatic N) is 3. The molecule has 1 aromatic heterocycles. The molecule has 1 fully saturated rings. The fourth-order valence-electron chi connectivity index (χ4n) is 3.77. The van der Waals surface area contributed by atoms with Crippen LogP contribution in [0.5, 0.6) is 11.5 Å². The molecule has 0 unspecified atom stereocenters. The highest BCUT2D eigenvalue weighted by Crippen LogP contribution is 2.41. The summed E-state index contributed by atoms with van der Waals surface area (Å²) >= 11 is 0. The van der Waals surface area contributed by atoms with E-state index in [-0.39, 0.29) is 18.1 Å². The Labute approximate surface area is 164 Å². The third kappa shape index (κ3) is 3.96. The van der Waals surface area contributed by atoms with E-state index in [0.717, 1.165) is 49.5 Å². The van der Waals surface area contributed by atoms with E-state index in [4.69, 9.17) is 9.47 Å². The van der Waals surface area contributed by atoms with Gasteiger partial charge in [-0.15, -0.1) is 0 Å². The Morgan fingerprint density at radius 1 is 1.39 bits per heavy atom. The molecule has 0 saturated carbocycles. The molecular formula is C20H27N5O3. The molecule has 8 heteroatoms. The van der Waals surface area contributed by atoms with Gasteiger partial charge in [0.1, 0.15) is 5.60 Å². The van der Waals surface area contributed by atoms with Gasteiger partial charge in [0.25, 0.3) is 5.91 Å². The highest BCUT2D eigenvalue weighted by molar-refractivity contribution is 5.90. The van der Waals surface area contributed by atoms with Crippen LogP contribution in [-0.2, 0) is 18.3 Å². The Hall–Kier alpha value is -2.61. The number of nitrogens with one attached hydrogen (secondary N) is 2. The maximum atomic E-state index is 12.4. The minimum Gasteiger partial charge on any atom is -0.483 e. The molecule has 1 aromatic carbocycles. The van der Waals surface area contributed by atoms with Gasteiger partial charge in [-0.05, 0) is 45.8 Å². The molecule has 0 radical (unpaired) electrons. The third-order valence-electron chi connectivity index (χ3n) is 5.15. The zero-order chi connectivity index (χ0) is 19.7. The van der Waals surface area contributed by atoms with Gasteiger partial charge >= 0.3 is 0 Å². The van der Waals surface area contributed by atoms with E-state index < -0.39 is 0 Å². The van der Waals surface area contributed by atoms with Gasteiger partial charge in [-0.1, -0.05) is 12.1 Å². The molecule has 0 spiro atoms. The van der Waals surface area contributed by atoms with E-state index in [1.165, 1.54) is 0 Å². The van der Waals surface area contributed by atoms with Crippen molar-refractivity contribution in [1.82, 2.24) is 20.1 Å². The number of carbonyl (C=O) groups is 1. The predicted molar refractivity (Wildman–Crippen MR) is 105 cm³/mol. The second kappa shape index (κ2) is 7.43. The Bertz CT molecular complexity index is 871. The molecule has 4 rings (SSSR count). The van der Waals surface area contributed by atoms with Gasteiger partial charge in [-0.2, -0.15) is 10.1 Å². The normalized spacial score (nSPS) is 18.4. The third-order valence-corrected chi connectivity index (χ3v) is 5.15. The average Bonchev–Trinajstić information content (AvgIpc) is 3.19. The average molecular weight is 385 g/mol. The number of aromatic nitrogens is 3. The van der Waals surface area contributed by atoms with Gasteiger partial charge in [0.05, 0.1) is 0 Å². The fraction of sp³-hybridized carbons (Fsp3) is 0.550. The van der Waals surface area contributed by atoms with Crippen molar-refractivity contribution < 1.29 is 14.3 Å². The van der Waals surface area contributed by atoms with E-state index in [1.54, 1.807) is 11.7 Å². The highest BCUT2D eigenvalue weighted by Gasteiger charge is 2.32. The van der Waals surface area contributed by atoms with Crippen molar-refractivity contribution >= 4 is 11.9 Å². The smallest absolute Gasteiger partial charge is 0.264 e. The van der Waals surface area contributed by atoms with Crippen LogP contribution in [0.4, 0.5) is 5.95 Å². The van der Waals surface area contributed by atoms with Crippen LogP contribution in [0, 0.1) is 0 Å². The number of rotatable bonds is 5. The highest BCUT2D eigenvalue weighted by atomic mass is 16.5. The van der Waals surface area contributed by atoms with Crippen LogP contribution < -0.4 is 20.1 Å². The Morgan fingerprint density at radius 3 is 2.96 bits per heavy atom. The summed E-state index contributed by atoms with van der Waals surface area (Å²) < 4.78 is 13.3. The first kappa shape index (κ1) is 18.7. The molecule has 28 heavy (non-hydrogen) atoms. The number of aryl methyl sites for hydroxylation is 1. The zero-order valence-electron chi connectivity index (χ0n) is 16.6. The number of fused-ring (bicyclic) bond motifs is 1. The van der Waals surface area contributed by atoms with Gasteiger partial charge < -0.3 is 14.8 Å². The van der Waals surface area contributed by atoms with Crippen molar-refractivity contribution in [3.05, 3.63) is 29.6 Å². The van der Waals surface area contributed by atoms with Gasteiger partial charge in [0.2, 0.25) is 5.95 Å². The lowest BCUT2D eigenvalue weighted by Gasteiger charge is -2.19.